The van der Waals surface area contributed by atoms with Crippen molar-refractivity contribution in [3.63, 3.8) is 0 Å². The van der Waals surface area contributed by atoms with Gasteiger partial charge in [0.1, 0.15) is 11.6 Å². The Morgan fingerprint density at radius 1 is 1.53 bits per heavy atom. The van der Waals surface area contributed by atoms with Gasteiger partial charge in [-0.2, -0.15) is 0 Å². The largest absolute Gasteiger partial charge is 0.481 e. The summed E-state index contributed by atoms with van der Waals surface area (Å²) in [4.78, 5) is 13.9. The van der Waals surface area contributed by atoms with Crippen molar-refractivity contribution >= 4 is 17.6 Å². The lowest BCUT2D eigenvalue weighted by Crippen LogP contribution is -2.10. The van der Waals surface area contributed by atoms with Crippen molar-refractivity contribution in [1.29, 1.82) is 0 Å². The SMILES string of the molecule is Nc1cc(C(F)F)c(CC(=O)O)c(N)n1. The summed E-state index contributed by atoms with van der Waals surface area (Å²) in [6, 6.07) is 0.930. The lowest BCUT2D eigenvalue weighted by atomic mass is 10.1. The molecule has 15 heavy (non-hydrogen) atoms. The lowest BCUT2D eigenvalue weighted by Gasteiger charge is -2.10. The number of nitrogens with zero attached hydrogens (tertiary/aromatic N) is 1. The average Bonchev–Trinajstić information content (AvgIpc) is 2.08. The standard InChI is InChI=1S/C8H9F2N3O2/c9-7(10)3-1-5(11)13-8(12)4(3)2-6(14)15/h1,7H,2H2,(H,14,15)(H4,11,12,13). The van der Waals surface area contributed by atoms with E-state index in [1.807, 2.05) is 0 Å². The summed E-state index contributed by atoms with van der Waals surface area (Å²) in [7, 11) is 0. The third-order valence-electron chi connectivity index (χ3n) is 1.77. The number of nitrogens with two attached hydrogens (primary N) is 2. The van der Waals surface area contributed by atoms with Crippen molar-refractivity contribution < 1.29 is 18.7 Å². The smallest absolute Gasteiger partial charge is 0.307 e. The Bertz CT molecular complexity index is 396. The van der Waals surface area contributed by atoms with E-state index in [2.05, 4.69) is 4.98 Å². The first-order valence-corrected chi connectivity index (χ1v) is 3.96. The molecule has 1 aromatic rings. The van der Waals surface area contributed by atoms with Crippen LogP contribution in [0.25, 0.3) is 0 Å². The molecule has 0 atom stereocenters. The second-order valence-electron chi connectivity index (χ2n) is 2.87. The fourth-order valence-corrected chi connectivity index (χ4v) is 1.17. The summed E-state index contributed by atoms with van der Waals surface area (Å²) >= 11 is 0. The third-order valence-corrected chi connectivity index (χ3v) is 1.77. The fourth-order valence-electron chi connectivity index (χ4n) is 1.17. The molecule has 0 fully saturated rings. The maximum Gasteiger partial charge on any atom is 0.307 e. The van der Waals surface area contributed by atoms with Crippen LogP contribution in [0, 0.1) is 0 Å². The van der Waals surface area contributed by atoms with E-state index < -0.39 is 24.4 Å². The number of pyridine rings is 1. The zero-order valence-electron chi connectivity index (χ0n) is 7.58. The van der Waals surface area contributed by atoms with Gasteiger partial charge in [-0.3, -0.25) is 4.79 Å². The number of anilines is 2. The Balaban J connectivity index is 3.26. The third kappa shape index (κ3) is 2.52. The molecule has 5 N–H and O–H groups in total. The van der Waals surface area contributed by atoms with Crippen LogP contribution in [0.2, 0.25) is 0 Å². The van der Waals surface area contributed by atoms with Crippen LogP contribution >= 0.6 is 0 Å². The maximum atomic E-state index is 12.5. The van der Waals surface area contributed by atoms with Gasteiger partial charge in [-0.05, 0) is 6.07 Å². The number of carboxylic acids is 1. The van der Waals surface area contributed by atoms with E-state index in [-0.39, 0.29) is 17.2 Å². The quantitative estimate of drug-likeness (QED) is 0.695. The van der Waals surface area contributed by atoms with Crippen LogP contribution in [-0.4, -0.2) is 16.1 Å². The number of carbonyl (C=O) groups is 1. The summed E-state index contributed by atoms with van der Waals surface area (Å²) in [6.07, 6.45) is -3.43. The highest BCUT2D eigenvalue weighted by molar-refractivity contribution is 5.73. The Morgan fingerprint density at radius 3 is 2.60 bits per heavy atom. The number of nitrogen functional groups attached to an aromatic ring is 2. The van der Waals surface area contributed by atoms with Gasteiger partial charge in [0.2, 0.25) is 0 Å². The van der Waals surface area contributed by atoms with Crippen LogP contribution in [0.3, 0.4) is 0 Å². The summed E-state index contributed by atoms with van der Waals surface area (Å²) in [5.74, 6) is -1.68. The lowest BCUT2D eigenvalue weighted by molar-refractivity contribution is -0.136. The number of hydrogen-bond acceptors (Lipinski definition) is 4. The van der Waals surface area contributed by atoms with Crippen molar-refractivity contribution in [3.05, 3.63) is 17.2 Å². The minimum atomic E-state index is -2.83. The zero-order valence-corrected chi connectivity index (χ0v) is 7.58. The average molecular weight is 217 g/mol. The van der Waals surface area contributed by atoms with E-state index in [1.54, 1.807) is 0 Å². The Hall–Kier alpha value is -1.92. The normalized spacial score (nSPS) is 10.6. The molecular weight excluding hydrogens is 208 g/mol. The van der Waals surface area contributed by atoms with Crippen LogP contribution in [0.15, 0.2) is 6.07 Å². The first-order chi connectivity index (χ1) is 6.91. The molecule has 0 aliphatic carbocycles. The second kappa shape index (κ2) is 4.07. The summed E-state index contributed by atoms with van der Waals surface area (Å²) in [6.45, 7) is 0. The van der Waals surface area contributed by atoms with Gasteiger partial charge in [0.25, 0.3) is 6.43 Å². The number of aromatic nitrogens is 1. The molecule has 0 unspecified atom stereocenters. The van der Waals surface area contributed by atoms with Crippen molar-refractivity contribution in [2.45, 2.75) is 12.8 Å². The molecule has 5 nitrogen and oxygen atoms in total. The molecule has 7 heteroatoms. The molecule has 0 aliphatic heterocycles. The van der Waals surface area contributed by atoms with Crippen molar-refractivity contribution in [2.24, 2.45) is 0 Å². The highest BCUT2D eigenvalue weighted by atomic mass is 19.3. The summed E-state index contributed by atoms with van der Waals surface area (Å²) in [5.41, 5.74) is 9.87. The van der Waals surface area contributed by atoms with Gasteiger partial charge in [-0.1, -0.05) is 0 Å². The molecule has 0 saturated carbocycles. The van der Waals surface area contributed by atoms with Crippen LogP contribution < -0.4 is 11.5 Å². The van der Waals surface area contributed by atoms with Crippen LogP contribution in [0.1, 0.15) is 17.6 Å². The minimum Gasteiger partial charge on any atom is -0.481 e. The van der Waals surface area contributed by atoms with Crippen molar-refractivity contribution in [3.8, 4) is 0 Å². The summed E-state index contributed by atoms with van der Waals surface area (Å²) in [5, 5.41) is 8.51. The van der Waals surface area contributed by atoms with Gasteiger partial charge in [0.15, 0.2) is 0 Å². The van der Waals surface area contributed by atoms with Crippen molar-refractivity contribution in [2.75, 3.05) is 11.5 Å². The molecule has 1 heterocycles. The van der Waals surface area contributed by atoms with E-state index in [9.17, 15) is 13.6 Å². The topological polar surface area (TPSA) is 102 Å². The van der Waals surface area contributed by atoms with E-state index in [1.165, 1.54) is 0 Å². The van der Waals surface area contributed by atoms with E-state index >= 15 is 0 Å². The van der Waals surface area contributed by atoms with Gasteiger partial charge >= 0.3 is 5.97 Å². The molecule has 0 aromatic carbocycles. The monoisotopic (exact) mass is 217 g/mol. The molecule has 0 bridgehead atoms. The maximum absolute atomic E-state index is 12.5. The number of alkyl halides is 2. The van der Waals surface area contributed by atoms with Crippen molar-refractivity contribution in [1.82, 2.24) is 4.98 Å². The zero-order chi connectivity index (χ0) is 11.6. The number of carboxylic acid groups (broad SMARTS) is 1. The highest BCUT2D eigenvalue weighted by Crippen LogP contribution is 2.28. The number of rotatable bonds is 3. The van der Waals surface area contributed by atoms with Gasteiger partial charge < -0.3 is 16.6 Å². The molecule has 0 radical (unpaired) electrons. The minimum absolute atomic E-state index is 0.156. The van der Waals surface area contributed by atoms with E-state index in [4.69, 9.17) is 16.6 Å². The van der Waals surface area contributed by atoms with E-state index in [0.29, 0.717) is 0 Å². The fraction of sp³-hybridized carbons (Fsp3) is 0.250. The molecule has 82 valence electrons. The Labute approximate surface area is 83.7 Å². The highest BCUT2D eigenvalue weighted by Gasteiger charge is 2.19. The van der Waals surface area contributed by atoms with Crippen LogP contribution in [0.5, 0.6) is 0 Å². The molecule has 0 spiro atoms. The summed E-state index contributed by atoms with van der Waals surface area (Å²) < 4.78 is 25.0. The van der Waals surface area contributed by atoms with Gasteiger partial charge in [0.05, 0.1) is 6.42 Å². The first kappa shape index (κ1) is 11.2. The number of halogens is 2. The van der Waals surface area contributed by atoms with Crippen LogP contribution in [-0.2, 0) is 11.2 Å². The molecule has 0 aliphatic rings. The molecule has 1 rings (SSSR count). The van der Waals surface area contributed by atoms with Gasteiger partial charge in [-0.15, -0.1) is 0 Å². The number of aliphatic carboxylic acids is 1. The molecule has 0 saturated heterocycles. The number of hydrogen-bond donors (Lipinski definition) is 3. The Morgan fingerprint density at radius 2 is 2.13 bits per heavy atom. The van der Waals surface area contributed by atoms with E-state index in [0.717, 1.165) is 6.07 Å². The van der Waals surface area contributed by atoms with Gasteiger partial charge in [0, 0.05) is 11.1 Å². The predicted octanol–water partition coefficient (Wildman–Crippen LogP) is 0.811. The molecular formula is C8H9F2N3O2. The van der Waals surface area contributed by atoms with Crippen LogP contribution in [0.4, 0.5) is 20.4 Å². The molecule has 0 amide bonds. The van der Waals surface area contributed by atoms with Gasteiger partial charge in [-0.25, -0.2) is 13.8 Å². The second-order valence-corrected chi connectivity index (χ2v) is 2.87. The first-order valence-electron chi connectivity index (χ1n) is 3.96. The predicted molar refractivity (Wildman–Crippen MR) is 49.4 cm³/mol. The Kier molecular flexibility index (Phi) is 3.03. The molecule has 1 aromatic heterocycles.